The minimum Gasteiger partial charge on any atom is -0.355 e. The van der Waals surface area contributed by atoms with E-state index in [0.717, 1.165) is 17.7 Å². The van der Waals surface area contributed by atoms with Crippen molar-refractivity contribution in [3.63, 3.8) is 0 Å². The van der Waals surface area contributed by atoms with E-state index in [0.29, 0.717) is 21.7 Å². The summed E-state index contributed by atoms with van der Waals surface area (Å²) in [5.74, 6) is 1.23. The van der Waals surface area contributed by atoms with E-state index < -0.39 is 0 Å². The molecule has 1 saturated carbocycles. The summed E-state index contributed by atoms with van der Waals surface area (Å²) in [6.45, 7) is 0.811. The quantitative estimate of drug-likeness (QED) is 0.702. The van der Waals surface area contributed by atoms with Gasteiger partial charge < -0.3 is 5.32 Å². The van der Waals surface area contributed by atoms with Gasteiger partial charge in [-0.2, -0.15) is 0 Å². The van der Waals surface area contributed by atoms with Crippen molar-refractivity contribution in [2.24, 2.45) is 5.92 Å². The second-order valence-electron chi connectivity index (χ2n) is 6.04. The van der Waals surface area contributed by atoms with Crippen LogP contribution in [0.15, 0.2) is 48.5 Å². The summed E-state index contributed by atoms with van der Waals surface area (Å²) in [7, 11) is 0. The third kappa shape index (κ3) is 5.17. The molecule has 1 aliphatic rings. The topological polar surface area (TPSA) is 29.1 Å². The summed E-state index contributed by atoms with van der Waals surface area (Å²) >= 11 is 13.6. The molecular formula is C19H19Cl2NOS. The molecule has 0 spiro atoms. The number of hydrogen-bond acceptors (Lipinski definition) is 2. The van der Waals surface area contributed by atoms with Crippen LogP contribution in [-0.4, -0.2) is 18.2 Å². The van der Waals surface area contributed by atoms with Crippen molar-refractivity contribution in [3.8, 4) is 0 Å². The Morgan fingerprint density at radius 2 is 1.50 bits per heavy atom. The molecular weight excluding hydrogens is 361 g/mol. The van der Waals surface area contributed by atoms with E-state index in [-0.39, 0.29) is 11.2 Å². The summed E-state index contributed by atoms with van der Waals surface area (Å²) in [4.78, 5) is 12.1. The van der Waals surface area contributed by atoms with Gasteiger partial charge in [0, 0.05) is 16.6 Å². The van der Waals surface area contributed by atoms with Crippen molar-refractivity contribution in [2.45, 2.75) is 18.1 Å². The van der Waals surface area contributed by atoms with Gasteiger partial charge in [-0.15, -0.1) is 11.8 Å². The zero-order valence-corrected chi connectivity index (χ0v) is 15.5. The van der Waals surface area contributed by atoms with Crippen molar-refractivity contribution in [2.75, 3.05) is 12.3 Å². The Hall–Kier alpha value is -1.16. The summed E-state index contributed by atoms with van der Waals surface area (Å²) in [5.41, 5.74) is 2.25. The first-order valence-corrected chi connectivity index (χ1v) is 9.81. The largest absolute Gasteiger partial charge is 0.355 e. The molecule has 0 bridgehead atoms. The number of carbonyl (C=O) groups is 1. The molecule has 0 aliphatic heterocycles. The van der Waals surface area contributed by atoms with E-state index in [1.54, 1.807) is 11.8 Å². The van der Waals surface area contributed by atoms with Crippen molar-refractivity contribution >= 4 is 40.9 Å². The Bertz CT molecular complexity index is 638. The van der Waals surface area contributed by atoms with Gasteiger partial charge in [-0.3, -0.25) is 4.79 Å². The molecule has 1 aliphatic carbocycles. The van der Waals surface area contributed by atoms with Gasteiger partial charge in [-0.25, -0.2) is 0 Å². The molecule has 2 nitrogen and oxygen atoms in total. The zero-order valence-electron chi connectivity index (χ0n) is 13.2. The van der Waals surface area contributed by atoms with E-state index in [1.807, 2.05) is 48.5 Å². The van der Waals surface area contributed by atoms with Crippen molar-refractivity contribution in [3.05, 3.63) is 69.7 Å². The fourth-order valence-electron chi connectivity index (χ4n) is 2.45. The van der Waals surface area contributed by atoms with E-state index >= 15 is 0 Å². The van der Waals surface area contributed by atoms with E-state index in [9.17, 15) is 4.79 Å². The Balaban J connectivity index is 1.70. The molecule has 0 radical (unpaired) electrons. The number of rotatable bonds is 7. The van der Waals surface area contributed by atoms with E-state index in [4.69, 9.17) is 23.2 Å². The summed E-state index contributed by atoms with van der Waals surface area (Å²) in [6.07, 6.45) is 2.48. The van der Waals surface area contributed by atoms with Crippen LogP contribution in [0.5, 0.6) is 0 Å². The molecule has 1 N–H and O–H groups in total. The van der Waals surface area contributed by atoms with Gasteiger partial charge in [-0.05, 0) is 54.2 Å². The SMILES string of the molecule is O=C(CSC(c1ccc(Cl)cc1)c1ccc(Cl)cc1)NCC1CC1. The van der Waals surface area contributed by atoms with Crippen molar-refractivity contribution in [1.29, 1.82) is 0 Å². The maximum absolute atomic E-state index is 12.1. The number of halogens is 2. The highest BCUT2D eigenvalue weighted by molar-refractivity contribution is 8.00. The van der Waals surface area contributed by atoms with Gasteiger partial charge in [0.05, 0.1) is 11.0 Å². The zero-order chi connectivity index (χ0) is 16.9. The van der Waals surface area contributed by atoms with Crippen molar-refractivity contribution < 1.29 is 4.79 Å². The Morgan fingerprint density at radius 1 is 1.00 bits per heavy atom. The predicted molar refractivity (Wildman–Crippen MR) is 103 cm³/mol. The van der Waals surface area contributed by atoms with Gasteiger partial charge >= 0.3 is 0 Å². The van der Waals surface area contributed by atoms with Gasteiger partial charge in [-0.1, -0.05) is 47.5 Å². The number of thioether (sulfide) groups is 1. The molecule has 0 atom stereocenters. The molecule has 0 unspecified atom stereocenters. The second kappa shape index (κ2) is 8.28. The molecule has 24 heavy (non-hydrogen) atoms. The normalized spacial score (nSPS) is 14.0. The molecule has 3 rings (SSSR count). The van der Waals surface area contributed by atoms with E-state index in [1.165, 1.54) is 12.8 Å². The molecule has 0 aromatic heterocycles. The average Bonchev–Trinajstić information content (AvgIpc) is 3.40. The second-order valence-corrected chi connectivity index (χ2v) is 8.01. The third-order valence-electron chi connectivity index (χ3n) is 4.01. The highest BCUT2D eigenvalue weighted by Crippen LogP contribution is 2.36. The lowest BCUT2D eigenvalue weighted by atomic mass is 10.0. The summed E-state index contributed by atoms with van der Waals surface area (Å²) in [5, 5.41) is 4.51. The third-order valence-corrected chi connectivity index (χ3v) is 5.82. The molecule has 126 valence electrons. The van der Waals surface area contributed by atoms with Gasteiger partial charge in [0.2, 0.25) is 5.91 Å². The molecule has 0 saturated heterocycles. The van der Waals surface area contributed by atoms with Crippen LogP contribution in [0.4, 0.5) is 0 Å². The van der Waals surface area contributed by atoms with Crippen LogP contribution in [0.2, 0.25) is 10.0 Å². The minimum absolute atomic E-state index is 0.0752. The Kier molecular flexibility index (Phi) is 6.09. The number of amides is 1. The van der Waals surface area contributed by atoms with Crippen LogP contribution in [-0.2, 0) is 4.79 Å². The number of hydrogen-bond donors (Lipinski definition) is 1. The number of nitrogens with one attached hydrogen (secondary N) is 1. The monoisotopic (exact) mass is 379 g/mol. The lowest BCUT2D eigenvalue weighted by Crippen LogP contribution is -2.27. The number of benzene rings is 2. The standard InChI is InChI=1S/C19H19Cl2NOS/c20-16-7-3-14(4-8-16)19(15-5-9-17(21)10-6-15)24-12-18(23)22-11-13-1-2-13/h3-10,13,19H,1-2,11-12H2,(H,22,23). The first-order valence-electron chi connectivity index (χ1n) is 8.01. The van der Waals surface area contributed by atoms with Crippen LogP contribution in [0.25, 0.3) is 0 Å². The smallest absolute Gasteiger partial charge is 0.230 e. The lowest BCUT2D eigenvalue weighted by molar-refractivity contribution is -0.118. The Labute approximate surface area is 156 Å². The van der Waals surface area contributed by atoms with Gasteiger partial charge in [0.1, 0.15) is 0 Å². The van der Waals surface area contributed by atoms with Crippen molar-refractivity contribution in [1.82, 2.24) is 5.32 Å². The molecule has 1 amide bonds. The Morgan fingerprint density at radius 3 is 1.96 bits per heavy atom. The lowest BCUT2D eigenvalue weighted by Gasteiger charge is -2.18. The average molecular weight is 380 g/mol. The maximum Gasteiger partial charge on any atom is 0.230 e. The fraction of sp³-hybridized carbons (Fsp3) is 0.316. The predicted octanol–water partition coefficient (Wildman–Crippen LogP) is 5.34. The summed E-state index contributed by atoms with van der Waals surface area (Å²) in [6, 6.07) is 15.6. The highest BCUT2D eigenvalue weighted by Gasteiger charge is 2.22. The first kappa shape index (κ1) is 17.7. The molecule has 2 aromatic rings. The fourth-order valence-corrected chi connectivity index (χ4v) is 3.82. The van der Waals surface area contributed by atoms with Crippen LogP contribution in [0.1, 0.15) is 29.2 Å². The van der Waals surface area contributed by atoms with Crippen LogP contribution >= 0.6 is 35.0 Å². The van der Waals surface area contributed by atoms with Crippen LogP contribution in [0.3, 0.4) is 0 Å². The van der Waals surface area contributed by atoms with Gasteiger partial charge in [0.15, 0.2) is 0 Å². The molecule has 2 aromatic carbocycles. The molecule has 5 heteroatoms. The van der Waals surface area contributed by atoms with Crippen LogP contribution in [0, 0.1) is 5.92 Å². The molecule has 1 fully saturated rings. The van der Waals surface area contributed by atoms with E-state index in [2.05, 4.69) is 5.32 Å². The summed E-state index contributed by atoms with van der Waals surface area (Å²) < 4.78 is 0. The first-order chi connectivity index (χ1) is 11.6. The van der Waals surface area contributed by atoms with Gasteiger partial charge in [0.25, 0.3) is 0 Å². The highest BCUT2D eigenvalue weighted by atomic mass is 35.5. The maximum atomic E-state index is 12.1. The number of carbonyl (C=O) groups excluding carboxylic acids is 1. The minimum atomic E-state index is 0.0752. The molecule has 0 heterocycles. The van der Waals surface area contributed by atoms with Crippen LogP contribution < -0.4 is 5.32 Å².